The van der Waals surface area contributed by atoms with Gasteiger partial charge in [-0.05, 0) is 22.7 Å². The molecule has 3 heteroatoms. The Morgan fingerprint density at radius 1 is 0.846 bits per heavy atom. The zero-order chi connectivity index (χ0) is 10.1. The largest absolute Gasteiger partial charge is 0.0794 e. The number of hydrogen-bond donors (Lipinski definition) is 0. The molecule has 0 saturated heterocycles. The molecule has 0 nitrogen and oxygen atoms in total. The zero-order valence-corrected chi connectivity index (χ0v) is 11.7. The summed E-state index contributed by atoms with van der Waals surface area (Å²) in [6, 6.07) is 0. The van der Waals surface area contributed by atoms with E-state index in [1.807, 2.05) is 31.4 Å². The number of hydrogen-bond acceptors (Lipinski definition) is 3. The molecule has 0 aliphatic carbocycles. The molecular formula is C10H22S3. The van der Waals surface area contributed by atoms with Gasteiger partial charge < -0.3 is 0 Å². The second kappa shape index (κ2) is 9.60. The van der Waals surface area contributed by atoms with Crippen molar-refractivity contribution in [3.05, 3.63) is 0 Å². The molecule has 0 N–H and O–H groups in total. The summed E-state index contributed by atoms with van der Waals surface area (Å²) in [6.07, 6.45) is 5.31. The molecule has 0 aliphatic rings. The topological polar surface area (TPSA) is 0 Å². The van der Waals surface area contributed by atoms with E-state index in [1.54, 1.807) is 0 Å². The molecule has 0 heterocycles. The first-order valence-electron chi connectivity index (χ1n) is 5.19. The van der Waals surface area contributed by atoms with Gasteiger partial charge in [0, 0.05) is 10.5 Å². The molecule has 2 atom stereocenters. The van der Waals surface area contributed by atoms with Gasteiger partial charge in [0.05, 0.1) is 0 Å². The maximum absolute atomic E-state index is 2.33. The summed E-state index contributed by atoms with van der Waals surface area (Å²) in [6.45, 7) is 9.17. The summed E-state index contributed by atoms with van der Waals surface area (Å²) in [5, 5.41) is 1.63. The van der Waals surface area contributed by atoms with Crippen LogP contribution in [0.2, 0.25) is 0 Å². The molecule has 0 bridgehead atoms. The second-order valence-corrected chi connectivity index (χ2v) is 8.38. The zero-order valence-electron chi connectivity index (χ0n) is 9.21. The summed E-state index contributed by atoms with van der Waals surface area (Å²) < 4.78 is 0. The van der Waals surface area contributed by atoms with Gasteiger partial charge in [-0.1, -0.05) is 62.1 Å². The molecule has 2 unspecified atom stereocenters. The van der Waals surface area contributed by atoms with Crippen molar-refractivity contribution < 1.29 is 0 Å². The average molecular weight is 238 g/mol. The first-order chi connectivity index (χ1) is 6.20. The predicted octanol–water partition coefficient (Wildman–Crippen LogP) is 5.39. The highest BCUT2D eigenvalue weighted by atomic mass is 33.5. The SMILES string of the molecule is CCCC(C)SSSC(C)CCC. The molecule has 80 valence electrons. The van der Waals surface area contributed by atoms with Crippen LogP contribution in [0.5, 0.6) is 0 Å². The Morgan fingerprint density at radius 2 is 1.23 bits per heavy atom. The summed E-state index contributed by atoms with van der Waals surface area (Å²) in [5.74, 6) is 0. The lowest BCUT2D eigenvalue weighted by Gasteiger charge is -2.11. The van der Waals surface area contributed by atoms with E-state index in [0.717, 1.165) is 10.5 Å². The lowest BCUT2D eigenvalue weighted by Crippen LogP contribution is -1.93. The molecule has 0 saturated carbocycles. The Morgan fingerprint density at radius 3 is 1.54 bits per heavy atom. The van der Waals surface area contributed by atoms with Gasteiger partial charge >= 0.3 is 0 Å². The van der Waals surface area contributed by atoms with Gasteiger partial charge in [-0.2, -0.15) is 0 Å². The van der Waals surface area contributed by atoms with Crippen molar-refractivity contribution in [3.63, 3.8) is 0 Å². The predicted molar refractivity (Wildman–Crippen MR) is 71.5 cm³/mol. The molecular weight excluding hydrogens is 216 g/mol. The summed E-state index contributed by atoms with van der Waals surface area (Å²) in [5.41, 5.74) is 0. The van der Waals surface area contributed by atoms with Gasteiger partial charge in [0.15, 0.2) is 0 Å². The fourth-order valence-corrected chi connectivity index (χ4v) is 6.38. The van der Waals surface area contributed by atoms with Crippen molar-refractivity contribution >= 4 is 31.4 Å². The smallest absolute Gasteiger partial charge is 0.0131 e. The Bertz CT molecular complexity index is 94.3. The van der Waals surface area contributed by atoms with Crippen molar-refractivity contribution in [2.75, 3.05) is 0 Å². The third-order valence-corrected chi connectivity index (χ3v) is 6.94. The Kier molecular flexibility index (Phi) is 10.4. The summed E-state index contributed by atoms with van der Waals surface area (Å²) in [4.78, 5) is 0. The van der Waals surface area contributed by atoms with Crippen LogP contribution in [-0.4, -0.2) is 10.5 Å². The van der Waals surface area contributed by atoms with Crippen LogP contribution in [0, 0.1) is 0 Å². The van der Waals surface area contributed by atoms with Gasteiger partial charge in [-0.25, -0.2) is 0 Å². The fourth-order valence-electron chi connectivity index (χ4n) is 1.07. The third-order valence-electron chi connectivity index (χ3n) is 1.80. The summed E-state index contributed by atoms with van der Waals surface area (Å²) >= 11 is 0. The van der Waals surface area contributed by atoms with E-state index in [0.29, 0.717) is 0 Å². The van der Waals surface area contributed by atoms with Crippen LogP contribution >= 0.6 is 31.4 Å². The Hall–Kier alpha value is 1.05. The minimum atomic E-state index is 0.816. The summed E-state index contributed by atoms with van der Waals surface area (Å²) in [7, 11) is 6.05. The molecule has 0 rings (SSSR count). The van der Waals surface area contributed by atoms with Gasteiger partial charge in [0.2, 0.25) is 0 Å². The van der Waals surface area contributed by atoms with Crippen molar-refractivity contribution in [1.29, 1.82) is 0 Å². The highest BCUT2D eigenvalue weighted by Crippen LogP contribution is 2.42. The first kappa shape index (κ1) is 14.1. The van der Waals surface area contributed by atoms with Crippen molar-refractivity contribution in [2.45, 2.75) is 63.9 Å². The van der Waals surface area contributed by atoms with Crippen molar-refractivity contribution in [1.82, 2.24) is 0 Å². The van der Waals surface area contributed by atoms with E-state index in [1.165, 1.54) is 25.7 Å². The maximum atomic E-state index is 2.33. The fraction of sp³-hybridized carbons (Fsp3) is 1.00. The van der Waals surface area contributed by atoms with Crippen molar-refractivity contribution in [3.8, 4) is 0 Å². The molecule has 0 amide bonds. The van der Waals surface area contributed by atoms with Crippen molar-refractivity contribution in [2.24, 2.45) is 0 Å². The average Bonchev–Trinajstić information content (AvgIpc) is 2.05. The standard InChI is InChI=1S/C10H22S3/c1-5-7-9(3)11-13-12-10(4)8-6-2/h9-10H,5-8H2,1-4H3. The lowest BCUT2D eigenvalue weighted by molar-refractivity contribution is 0.790. The highest BCUT2D eigenvalue weighted by Gasteiger charge is 2.05. The van der Waals surface area contributed by atoms with Crippen LogP contribution in [0.1, 0.15) is 53.4 Å². The van der Waals surface area contributed by atoms with Crippen LogP contribution < -0.4 is 0 Å². The molecule has 13 heavy (non-hydrogen) atoms. The van der Waals surface area contributed by atoms with E-state index in [-0.39, 0.29) is 0 Å². The van der Waals surface area contributed by atoms with Crippen LogP contribution in [-0.2, 0) is 0 Å². The maximum Gasteiger partial charge on any atom is 0.0131 e. The molecule has 0 spiro atoms. The third kappa shape index (κ3) is 9.36. The highest BCUT2D eigenvalue weighted by molar-refractivity contribution is 9.09. The van der Waals surface area contributed by atoms with Crippen LogP contribution in [0.15, 0.2) is 0 Å². The van der Waals surface area contributed by atoms with Crippen LogP contribution in [0.25, 0.3) is 0 Å². The molecule has 0 aromatic carbocycles. The second-order valence-electron chi connectivity index (χ2n) is 3.46. The molecule has 0 radical (unpaired) electrons. The van der Waals surface area contributed by atoms with Gasteiger partial charge in [0.1, 0.15) is 0 Å². The van der Waals surface area contributed by atoms with Gasteiger partial charge in [0.25, 0.3) is 0 Å². The van der Waals surface area contributed by atoms with Gasteiger partial charge in [-0.15, -0.1) is 0 Å². The van der Waals surface area contributed by atoms with Crippen LogP contribution in [0.3, 0.4) is 0 Å². The van der Waals surface area contributed by atoms with Gasteiger partial charge in [-0.3, -0.25) is 0 Å². The molecule has 0 aliphatic heterocycles. The monoisotopic (exact) mass is 238 g/mol. The molecule has 0 fully saturated rings. The van der Waals surface area contributed by atoms with E-state index < -0.39 is 0 Å². The minimum absolute atomic E-state index is 0.816. The quantitative estimate of drug-likeness (QED) is 0.520. The number of rotatable bonds is 8. The Balaban J connectivity index is 3.23. The van der Waals surface area contributed by atoms with E-state index in [9.17, 15) is 0 Å². The van der Waals surface area contributed by atoms with E-state index in [4.69, 9.17) is 0 Å². The molecule has 0 aromatic heterocycles. The lowest BCUT2D eigenvalue weighted by atomic mass is 10.3. The van der Waals surface area contributed by atoms with E-state index in [2.05, 4.69) is 27.7 Å². The molecule has 0 aromatic rings. The Labute approximate surface area is 95.2 Å². The first-order valence-corrected chi connectivity index (χ1v) is 8.80. The van der Waals surface area contributed by atoms with Crippen LogP contribution in [0.4, 0.5) is 0 Å². The normalized spacial score (nSPS) is 15.7. The minimum Gasteiger partial charge on any atom is -0.0794 e. The van der Waals surface area contributed by atoms with E-state index >= 15 is 0 Å².